The first kappa shape index (κ1) is 29.7. The van der Waals surface area contributed by atoms with Crippen LogP contribution in [0.15, 0.2) is 101 Å². The number of para-hydroxylation sites is 1. The van der Waals surface area contributed by atoms with Crippen LogP contribution in [0.25, 0.3) is 10.8 Å². The number of fused-ring (bicyclic) bond motifs is 10. The molecule has 7 atom stereocenters. The van der Waals surface area contributed by atoms with E-state index in [-0.39, 0.29) is 58.1 Å². The highest BCUT2D eigenvalue weighted by Gasteiger charge is 2.69. The molecule has 4 aliphatic rings. The lowest BCUT2D eigenvalue weighted by molar-refractivity contribution is -0.123. The molecule has 0 radical (unpaired) electrons. The van der Waals surface area contributed by atoms with Gasteiger partial charge in [0.15, 0.2) is 6.61 Å². The fraction of sp³-hybridized carbons (Fsp3) is 0.243. The van der Waals surface area contributed by atoms with E-state index in [0.717, 1.165) is 32.7 Å². The van der Waals surface area contributed by atoms with E-state index in [1.165, 1.54) is 16.2 Å². The van der Waals surface area contributed by atoms with Crippen molar-refractivity contribution >= 4 is 74.6 Å². The van der Waals surface area contributed by atoms with Crippen molar-refractivity contribution in [3.8, 4) is 5.75 Å². The lowest BCUT2D eigenvalue weighted by atomic mass is 9.68. The summed E-state index contributed by atoms with van der Waals surface area (Å²) in [6.07, 6.45) is 0.774. The van der Waals surface area contributed by atoms with E-state index >= 15 is 0 Å². The summed E-state index contributed by atoms with van der Waals surface area (Å²) in [4.78, 5) is 59.1. The van der Waals surface area contributed by atoms with Crippen molar-refractivity contribution in [1.29, 1.82) is 0 Å². The second-order valence-corrected chi connectivity index (χ2v) is 15.5. The number of H-pyrrole nitrogens is 1. The minimum Gasteiger partial charge on any atom is -0.483 e. The van der Waals surface area contributed by atoms with Gasteiger partial charge in [-0.1, -0.05) is 77.5 Å². The largest absolute Gasteiger partial charge is 0.483 e. The molecule has 2 N–H and O–H groups in total. The van der Waals surface area contributed by atoms with Crippen LogP contribution < -0.4 is 19.8 Å². The minimum atomic E-state index is -0.431. The summed E-state index contributed by atoms with van der Waals surface area (Å²) in [5, 5.41) is 6.35. The van der Waals surface area contributed by atoms with E-state index in [0.29, 0.717) is 22.1 Å². The van der Waals surface area contributed by atoms with Gasteiger partial charge in [-0.15, -0.1) is 11.8 Å². The molecule has 48 heavy (non-hydrogen) atoms. The standard InChI is InChI=1S/C37H28ClN3O5S2/c38-19-12-14-20(15-13-19)41-35(43)30-23-16-24(31(30)36(41)44)32-29(23)28(33-34(47-32)40-37(45)48-33)22-9-3-4-11-26(22)46-17-27(42)39-25-10-5-7-18-6-1-2-8-21(18)25/h1-15,23-24,28-32H,16-17H2,(H,39,42)(H,40,45)/t23?,24?,28-,29?,30?,31?,32?/m1/s1. The second-order valence-electron chi connectivity index (χ2n) is 12.9. The molecule has 1 aromatic heterocycles. The van der Waals surface area contributed by atoms with Gasteiger partial charge in [0.2, 0.25) is 11.8 Å². The minimum absolute atomic E-state index is 0.00335. The molecule has 11 heteroatoms. The number of carbonyl (C=O) groups is 3. The number of benzene rings is 4. The number of amides is 3. The Morgan fingerprint density at radius 2 is 1.62 bits per heavy atom. The van der Waals surface area contributed by atoms with Crippen LogP contribution in [0.5, 0.6) is 5.75 Å². The SMILES string of the molecule is O=C(COc1ccccc1[C@H]1c2sc(=O)[nH]c2SC2C3CC(C4C(=O)N(c5ccc(Cl)cc5)C(=O)C34)C21)Nc1cccc2ccccc12. The smallest absolute Gasteiger partial charge is 0.305 e. The Balaban J connectivity index is 1.03. The topological polar surface area (TPSA) is 109 Å². The lowest BCUT2D eigenvalue weighted by Crippen LogP contribution is -2.42. The predicted octanol–water partition coefficient (Wildman–Crippen LogP) is 6.94. The van der Waals surface area contributed by atoms with E-state index in [4.69, 9.17) is 16.3 Å². The van der Waals surface area contributed by atoms with Gasteiger partial charge in [-0.2, -0.15) is 0 Å². The van der Waals surface area contributed by atoms with E-state index in [1.807, 2.05) is 66.7 Å². The number of nitrogens with zero attached hydrogens (tertiary/aromatic N) is 1. The molecule has 8 nitrogen and oxygen atoms in total. The first-order valence-electron chi connectivity index (χ1n) is 15.9. The highest BCUT2D eigenvalue weighted by Crippen LogP contribution is 2.69. The molecule has 4 aromatic carbocycles. The quantitative estimate of drug-likeness (QED) is 0.187. The molecule has 2 bridgehead atoms. The number of halogens is 1. The van der Waals surface area contributed by atoms with Gasteiger partial charge in [0.1, 0.15) is 5.75 Å². The average molecular weight is 694 g/mol. The summed E-state index contributed by atoms with van der Waals surface area (Å²) in [5.74, 6) is -1.18. The Morgan fingerprint density at radius 3 is 2.46 bits per heavy atom. The van der Waals surface area contributed by atoms with E-state index in [1.54, 1.807) is 36.0 Å². The zero-order valence-electron chi connectivity index (χ0n) is 25.3. The van der Waals surface area contributed by atoms with Crippen LogP contribution in [0.4, 0.5) is 11.4 Å². The number of anilines is 2. The number of imide groups is 1. The number of carbonyl (C=O) groups excluding carboxylic acids is 3. The van der Waals surface area contributed by atoms with Crippen LogP contribution in [-0.4, -0.2) is 34.6 Å². The Kier molecular flexibility index (Phi) is 7.04. The number of aromatic amines is 1. The molecule has 3 fully saturated rings. The molecule has 2 aliphatic carbocycles. The highest BCUT2D eigenvalue weighted by molar-refractivity contribution is 8.00. The molecule has 3 amide bonds. The number of aromatic nitrogens is 1. The first-order chi connectivity index (χ1) is 23.4. The first-order valence-corrected chi connectivity index (χ1v) is 18.0. The summed E-state index contributed by atoms with van der Waals surface area (Å²) in [5.41, 5.74) is 2.13. The number of thiazole rings is 1. The van der Waals surface area contributed by atoms with Crippen molar-refractivity contribution in [1.82, 2.24) is 4.98 Å². The normalized spacial score (nSPS) is 26.8. The zero-order chi connectivity index (χ0) is 32.7. The molecular weight excluding hydrogens is 666 g/mol. The van der Waals surface area contributed by atoms with Gasteiger partial charge >= 0.3 is 4.87 Å². The molecular formula is C37H28ClN3O5S2. The molecule has 5 aromatic rings. The molecule has 2 saturated carbocycles. The Morgan fingerprint density at radius 1 is 0.896 bits per heavy atom. The number of thioether (sulfide) groups is 1. The second kappa shape index (κ2) is 11.4. The van der Waals surface area contributed by atoms with Crippen molar-refractivity contribution in [2.45, 2.75) is 22.6 Å². The van der Waals surface area contributed by atoms with Crippen molar-refractivity contribution in [3.05, 3.63) is 116 Å². The Hall–Kier alpha value is -4.38. The number of ether oxygens (including phenoxy) is 1. The van der Waals surface area contributed by atoms with Gasteiger partial charge in [-0.25, -0.2) is 0 Å². The van der Waals surface area contributed by atoms with Gasteiger partial charge in [0.05, 0.1) is 22.5 Å². The van der Waals surface area contributed by atoms with Crippen molar-refractivity contribution in [2.75, 3.05) is 16.8 Å². The monoisotopic (exact) mass is 693 g/mol. The summed E-state index contributed by atoms with van der Waals surface area (Å²) >= 11 is 8.93. The van der Waals surface area contributed by atoms with Gasteiger partial charge in [-0.05, 0) is 66.0 Å². The van der Waals surface area contributed by atoms with Crippen molar-refractivity contribution in [2.24, 2.45) is 29.6 Å². The summed E-state index contributed by atoms with van der Waals surface area (Å²) < 4.78 is 6.25. The third kappa shape index (κ3) is 4.57. The van der Waals surface area contributed by atoms with Gasteiger partial charge < -0.3 is 15.0 Å². The molecule has 3 heterocycles. The third-order valence-corrected chi connectivity index (χ3v) is 13.3. The summed E-state index contributed by atoms with van der Waals surface area (Å²) in [7, 11) is 0. The van der Waals surface area contributed by atoms with Gasteiger partial charge in [0, 0.05) is 37.7 Å². The van der Waals surface area contributed by atoms with Gasteiger partial charge in [0.25, 0.3) is 5.91 Å². The maximum Gasteiger partial charge on any atom is 0.305 e. The Bertz CT molecular complexity index is 2190. The number of hydrogen-bond acceptors (Lipinski definition) is 7. The fourth-order valence-electron chi connectivity index (χ4n) is 8.74. The van der Waals surface area contributed by atoms with E-state index < -0.39 is 11.8 Å². The van der Waals surface area contributed by atoms with E-state index in [9.17, 15) is 19.2 Å². The Labute approximate surface area is 288 Å². The molecule has 9 rings (SSSR count). The molecule has 1 saturated heterocycles. The number of nitrogens with one attached hydrogen (secondary N) is 2. The van der Waals surface area contributed by atoms with E-state index in [2.05, 4.69) is 10.3 Å². The molecule has 0 spiro atoms. The number of hydrogen-bond donors (Lipinski definition) is 2. The maximum absolute atomic E-state index is 14.1. The van der Waals surface area contributed by atoms with Crippen LogP contribution in [0, 0.1) is 29.6 Å². The molecule has 2 aliphatic heterocycles. The maximum atomic E-state index is 14.1. The van der Waals surface area contributed by atoms with Crippen molar-refractivity contribution < 1.29 is 19.1 Å². The van der Waals surface area contributed by atoms with Crippen LogP contribution in [0.1, 0.15) is 22.8 Å². The predicted molar refractivity (Wildman–Crippen MR) is 187 cm³/mol. The van der Waals surface area contributed by atoms with Crippen molar-refractivity contribution in [3.63, 3.8) is 0 Å². The summed E-state index contributed by atoms with van der Waals surface area (Å²) in [6.45, 7) is -0.203. The van der Waals surface area contributed by atoms with Crippen LogP contribution in [0.2, 0.25) is 5.02 Å². The lowest BCUT2D eigenvalue weighted by Gasteiger charge is -2.43. The average Bonchev–Trinajstić information content (AvgIpc) is 3.83. The number of rotatable bonds is 6. The third-order valence-electron chi connectivity index (χ3n) is 10.5. The van der Waals surface area contributed by atoms with Crippen LogP contribution >= 0.6 is 34.7 Å². The fourth-order valence-corrected chi connectivity index (χ4v) is 11.7. The summed E-state index contributed by atoms with van der Waals surface area (Å²) in [6, 6.07) is 28.1. The molecule has 6 unspecified atom stereocenters. The molecule has 240 valence electrons. The zero-order valence-corrected chi connectivity index (χ0v) is 27.7. The van der Waals surface area contributed by atoms with Crippen LogP contribution in [0.3, 0.4) is 0 Å². The van der Waals surface area contributed by atoms with Crippen LogP contribution in [-0.2, 0) is 14.4 Å². The van der Waals surface area contributed by atoms with Gasteiger partial charge in [-0.3, -0.25) is 24.1 Å². The highest BCUT2D eigenvalue weighted by atomic mass is 35.5.